The van der Waals surface area contributed by atoms with Crippen LogP contribution in [0, 0.1) is 0 Å². The summed E-state index contributed by atoms with van der Waals surface area (Å²) in [5, 5.41) is 8.94. The molecule has 0 atom stereocenters. The first kappa shape index (κ1) is 11.0. The third-order valence-corrected chi connectivity index (χ3v) is 2.17. The van der Waals surface area contributed by atoms with Crippen molar-refractivity contribution in [2.75, 3.05) is 0 Å². The minimum absolute atomic E-state index is 0.269. The fourth-order valence-electron chi connectivity index (χ4n) is 0.918. The van der Waals surface area contributed by atoms with Crippen molar-refractivity contribution in [1.29, 1.82) is 0 Å². The van der Waals surface area contributed by atoms with Crippen LogP contribution in [0.2, 0.25) is 0 Å². The SMILES string of the molecule is O=C(O)c1nc(C(F)F)ccc1CBr. The molecule has 0 amide bonds. The van der Waals surface area contributed by atoms with Gasteiger partial charge in [-0.1, -0.05) is 22.0 Å². The van der Waals surface area contributed by atoms with E-state index in [1.165, 1.54) is 6.07 Å². The molecule has 0 unspecified atom stereocenters. The van der Waals surface area contributed by atoms with Crippen molar-refractivity contribution in [3.8, 4) is 0 Å². The molecule has 1 N–H and O–H groups in total. The highest BCUT2D eigenvalue weighted by molar-refractivity contribution is 9.08. The minimum Gasteiger partial charge on any atom is -0.477 e. The molecule has 0 radical (unpaired) electrons. The molecule has 6 heteroatoms. The zero-order valence-corrected chi connectivity index (χ0v) is 8.46. The lowest BCUT2D eigenvalue weighted by atomic mass is 10.2. The first-order valence-corrected chi connectivity index (χ1v) is 4.75. The maximum Gasteiger partial charge on any atom is 0.354 e. The summed E-state index contributed by atoms with van der Waals surface area (Å²) in [6.07, 6.45) is -2.75. The molecule has 1 rings (SSSR count). The number of hydrogen-bond donors (Lipinski definition) is 1. The van der Waals surface area contributed by atoms with E-state index in [4.69, 9.17) is 5.11 Å². The van der Waals surface area contributed by atoms with E-state index in [1.54, 1.807) is 0 Å². The fourth-order valence-corrected chi connectivity index (χ4v) is 1.37. The van der Waals surface area contributed by atoms with Crippen LogP contribution in [0.1, 0.15) is 28.2 Å². The van der Waals surface area contributed by atoms with Gasteiger partial charge in [0.2, 0.25) is 0 Å². The first-order valence-electron chi connectivity index (χ1n) is 3.63. The number of aromatic carboxylic acids is 1. The van der Waals surface area contributed by atoms with Gasteiger partial charge in [-0.2, -0.15) is 0 Å². The lowest BCUT2D eigenvalue weighted by Gasteiger charge is -2.04. The van der Waals surface area contributed by atoms with E-state index in [0.717, 1.165) is 6.07 Å². The second-order valence-electron chi connectivity index (χ2n) is 2.48. The quantitative estimate of drug-likeness (QED) is 0.855. The van der Waals surface area contributed by atoms with Gasteiger partial charge in [-0.15, -0.1) is 0 Å². The summed E-state index contributed by atoms with van der Waals surface area (Å²) >= 11 is 3.05. The van der Waals surface area contributed by atoms with Gasteiger partial charge in [0.05, 0.1) is 0 Å². The molecule has 0 aliphatic heterocycles. The van der Waals surface area contributed by atoms with Crippen LogP contribution in [0.3, 0.4) is 0 Å². The average molecular weight is 266 g/mol. The Bertz CT molecular complexity index is 357. The molecular weight excluding hydrogens is 260 g/mol. The summed E-state index contributed by atoms with van der Waals surface area (Å²) in [6, 6.07) is 2.44. The lowest BCUT2D eigenvalue weighted by molar-refractivity contribution is 0.0687. The number of rotatable bonds is 3. The second-order valence-corrected chi connectivity index (χ2v) is 3.04. The van der Waals surface area contributed by atoms with Crippen LogP contribution < -0.4 is 0 Å². The molecule has 14 heavy (non-hydrogen) atoms. The Labute approximate surface area is 86.9 Å². The average Bonchev–Trinajstić information content (AvgIpc) is 2.16. The van der Waals surface area contributed by atoms with Crippen LogP contribution in [0.5, 0.6) is 0 Å². The molecular formula is C8H6BrF2NO2. The van der Waals surface area contributed by atoms with E-state index in [9.17, 15) is 13.6 Å². The van der Waals surface area contributed by atoms with Crippen molar-refractivity contribution >= 4 is 21.9 Å². The third-order valence-electron chi connectivity index (χ3n) is 1.57. The van der Waals surface area contributed by atoms with Crippen LogP contribution in [0.4, 0.5) is 8.78 Å². The summed E-state index contributed by atoms with van der Waals surface area (Å²) in [6.45, 7) is 0. The largest absolute Gasteiger partial charge is 0.477 e. The van der Waals surface area contributed by atoms with E-state index < -0.39 is 18.1 Å². The maximum atomic E-state index is 12.2. The van der Waals surface area contributed by atoms with E-state index >= 15 is 0 Å². The van der Waals surface area contributed by atoms with E-state index in [0.29, 0.717) is 5.56 Å². The number of halogens is 3. The van der Waals surface area contributed by atoms with Crippen LogP contribution in [-0.2, 0) is 5.33 Å². The number of carbonyl (C=O) groups is 1. The zero-order valence-electron chi connectivity index (χ0n) is 6.88. The first-order chi connectivity index (χ1) is 6.56. The van der Waals surface area contributed by atoms with Crippen LogP contribution in [-0.4, -0.2) is 16.1 Å². The minimum atomic E-state index is -2.75. The van der Waals surface area contributed by atoms with Gasteiger partial charge in [0.15, 0.2) is 5.69 Å². The van der Waals surface area contributed by atoms with Crippen molar-refractivity contribution in [1.82, 2.24) is 4.98 Å². The highest BCUT2D eigenvalue weighted by atomic mass is 79.9. The maximum absolute atomic E-state index is 12.2. The molecule has 3 nitrogen and oxygen atoms in total. The standard InChI is InChI=1S/C8H6BrF2NO2/c9-3-4-1-2-5(7(10)11)12-6(4)8(13)14/h1-2,7H,3H2,(H,13,14). The number of nitrogens with zero attached hydrogens (tertiary/aromatic N) is 1. The molecule has 1 aromatic heterocycles. The Hall–Kier alpha value is -1.04. The van der Waals surface area contributed by atoms with E-state index in [-0.39, 0.29) is 11.0 Å². The molecule has 0 saturated carbocycles. The topological polar surface area (TPSA) is 50.2 Å². The van der Waals surface area contributed by atoms with E-state index in [1.807, 2.05) is 0 Å². The monoisotopic (exact) mass is 265 g/mol. The van der Waals surface area contributed by atoms with Gasteiger partial charge in [0.25, 0.3) is 6.43 Å². The molecule has 0 saturated heterocycles. The molecule has 0 aromatic carbocycles. The summed E-state index contributed by atoms with van der Waals surface area (Å²) in [7, 11) is 0. The second kappa shape index (κ2) is 4.45. The molecule has 0 aliphatic rings. The summed E-state index contributed by atoms with van der Waals surface area (Å²) in [4.78, 5) is 14.0. The van der Waals surface area contributed by atoms with Gasteiger partial charge >= 0.3 is 5.97 Å². The Kier molecular flexibility index (Phi) is 3.51. The summed E-state index contributed by atoms with van der Waals surface area (Å²) in [5.41, 5.74) is -0.478. The summed E-state index contributed by atoms with van der Waals surface area (Å²) < 4.78 is 24.4. The number of carboxylic acids is 1. The van der Waals surface area contributed by atoms with Crippen molar-refractivity contribution in [3.63, 3.8) is 0 Å². The van der Waals surface area contributed by atoms with Crippen molar-refractivity contribution in [3.05, 3.63) is 29.1 Å². The van der Waals surface area contributed by atoms with Crippen LogP contribution in [0.25, 0.3) is 0 Å². The number of hydrogen-bond acceptors (Lipinski definition) is 2. The lowest BCUT2D eigenvalue weighted by Crippen LogP contribution is -2.07. The summed E-state index contributed by atoms with van der Waals surface area (Å²) in [5.74, 6) is -1.30. The molecule has 1 heterocycles. The van der Waals surface area contributed by atoms with Gasteiger partial charge < -0.3 is 5.11 Å². The highest BCUT2D eigenvalue weighted by Gasteiger charge is 2.16. The molecule has 0 aliphatic carbocycles. The van der Waals surface area contributed by atoms with Crippen molar-refractivity contribution < 1.29 is 18.7 Å². The van der Waals surface area contributed by atoms with Gasteiger partial charge in [0.1, 0.15) is 5.69 Å². The van der Waals surface area contributed by atoms with Crippen LogP contribution >= 0.6 is 15.9 Å². The Morgan fingerprint density at radius 2 is 2.21 bits per heavy atom. The highest BCUT2D eigenvalue weighted by Crippen LogP contribution is 2.19. The Morgan fingerprint density at radius 3 is 2.64 bits per heavy atom. The normalized spacial score (nSPS) is 10.6. The third kappa shape index (κ3) is 2.25. The number of aromatic nitrogens is 1. The molecule has 0 bridgehead atoms. The van der Waals surface area contributed by atoms with Gasteiger partial charge in [-0.05, 0) is 11.6 Å². The molecule has 0 fully saturated rings. The molecule has 0 spiro atoms. The number of alkyl halides is 3. The smallest absolute Gasteiger partial charge is 0.354 e. The molecule has 76 valence electrons. The fraction of sp³-hybridized carbons (Fsp3) is 0.250. The molecule has 1 aromatic rings. The Morgan fingerprint density at radius 1 is 1.57 bits per heavy atom. The van der Waals surface area contributed by atoms with Crippen molar-refractivity contribution in [2.45, 2.75) is 11.8 Å². The van der Waals surface area contributed by atoms with Gasteiger partial charge in [-0.25, -0.2) is 18.6 Å². The Balaban J connectivity index is 3.21. The predicted molar refractivity (Wildman–Crippen MR) is 48.8 cm³/mol. The number of pyridine rings is 1. The van der Waals surface area contributed by atoms with Crippen molar-refractivity contribution in [2.24, 2.45) is 0 Å². The number of carboxylic acid groups (broad SMARTS) is 1. The van der Waals surface area contributed by atoms with Gasteiger partial charge in [0, 0.05) is 5.33 Å². The van der Waals surface area contributed by atoms with Crippen LogP contribution in [0.15, 0.2) is 12.1 Å². The predicted octanol–water partition coefficient (Wildman–Crippen LogP) is 2.61. The zero-order chi connectivity index (χ0) is 10.7. The van der Waals surface area contributed by atoms with E-state index in [2.05, 4.69) is 20.9 Å². The van der Waals surface area contributed by atoms with Gasteiger partial charge in [-0.3, -0.25) is 0 Å².